The summed E-state index contributed by atoms with van der Waals surface area (Å²) >= 11 is 0. The molecule has 6 heteroatoms. The Bertz CT molecular complexity index is 296. The molecule has 0 amide bonds. The van der Waals surface area contributed by atoms with Gasteiger partial charge in [0.1, 0.15) is 18.3 Å². The molecule has 0 aromatic rings. The van der Waals surface area contributed by atoms with E-state index in [9.17, 15) is 15.0 Å². The van der Waals surface area contributed by atoms with E-state index in [1.54, 1.807) is 0 Å². The predicted molar refractivity (Wildman–Crippen MR) is 76.7 cm³/mol. The van der Waals surface area contributed by atoms with Crippen LogP contribution < -0.4 is 0 Å². The number of esters is 1. The van der Waals surface area contributed by atoms with Gasteiger partial charge in [0.2, 0.25) is 0 Å². The lowest BCUT2D eigenvalue weighted by Crippen LogP contribution is -2.55. The van der Waals surface area contributed by atoms with E-state index in [1.807, 2.05) is 0 Å². The first-order chi connectivity index (χ1) is 10.1. The molecule has 0 radical (unpaired) electrons. The zero-order valence-corrected chi connectivity index (χ0v) is 12.7. The van der Waals surface area contributed by atoms with Crippen molar-refractivity contribution < 1.29 is 29.6 Å². The number of rotatable bonds is 9. The van der Waals surface area contributed by atoms with Crippen LogP contribution in [0.15, 0.2) is 0 Å². The Labute approximate surface area is 126 Å². The fourth-order valence-corrected chi connectivity index (χ4v) is 2.40. The summed E-state index contributed by atoms with van der Waals surface area (Å²) in [7, 11) is 0. The number of hydrogen-bond acceptors (Lipinski definition) is 6. The van der Waals surface area contributed by atoms with Crippen LogP contribution in [0.4, 0.5) is 0 Å². The lowest BCUT2D eigenvalue weighted by molar-refractivity contribution is -0.210. The van der Waals surface area contributed by atoms with Crippen LogP contribution in [-0.2, 0) is 14.3 Å². The van der Waals surface area contributed by atoms with Crippen molar-refractivity contribution in [1.82, 2.24) is 0 Å². The predicted octanol–water partition coefficient (Wildman–Crippen LogP) is 0.762. The molecule has 1 heterocycles. The standard InChI is InChI=1S/C15H28O6/c1-2-3-4-5-6-7-8-13(17)21-12-10-20-11(9-16)14(18)15(12)19/h11-12,14-16,18-19H,2-10H2,1H3/t11-,12-,14-,15-/m1/s1. The minimum atomic E-state index is -1.24. The summed E-state index contributed by atoms with van der Waals surface area (Å²) in [5.74, 6) is -0.382. The van der Waals surface area contributed by atoms with Crippen LogP contribution in [0, 0.1) is 0 Å². The van der Waals surface area contributed by atoms with Gasteiger partial charge in [0, 0.05) is 6.42 Å². The average Bonchev–Trinajstić information content (AvgIpc) is 2.48. The molecule has 6 nitrogen and oxygen atoms in total. The molecule has 0 aliphatic carbocycles. The fraction of sp³-hybridized carbons (Fsp3) is 0.933. The van der Waals surface area contributed by atoms with Gasteiger partial charge in [0.05, 0.1) is 13.2 Å². The van der Waals surface area contributed by atoms with Crippen molar-refractivity contribution in [2.24, 2.45) is 0 Å². The van der Waals surface area contributed by atoms with E-state index < -0.39 is 24.4 Å². The van der Waals surface area contributed by atoms with E-state index >= 15 is 0 Å². The third kappa shape index (κ3) is 6.30. The summed E-state index contributed by atoms with van der Waals surface area (Å²) in [4.78, 5) is 11.7. The van der Waals surface area contributed by atoms with E-state index in [2.05, 4.69) is 6.92 Å². The maximum absolute atomic E-state index is 11.7. The monoisotopic (exact) mass is 304 g/mol. The molecule has 4 atom stereocenters. The van der Waals surface area contributed by atoms with Crippen molar-refractivity contribution in [1.29, 1.82) is 0 Å². The van der Waals surface area contributed by atoms with Crippen LogP contribution in [0.25, 0.3) is 0 Å². The fourth-order valence-electron chi connectivity index (χ4n) is 2.40. The van der Waals surface area contributed by atoms with E-state index in [4.69, 9.17) is 14.6 Å². The SMILES string of the molecule is CCCCCCCCC(=O)O[C@@H]1CO[C@H](CO)[C@@H](O)[C@@H]1O. The first-order valence-electron chi connectivity index (χ1n) is 7.88. The van der Waals surface area contributed by atoms with Crippen LogP contribution in [0.2, 0.25) is 0 Å². The highest BCUT2D eigenvalue weighted by Crippen LogP contribution is 2.18. The second-order valence-corrected chi connectivity index (χ2v) is 5.58. The van der Waals surface area contributed by atoms with Crippen molar-refractivity contribution in [3.63, 3.8) is 0 Å². The Morgan fingerprint density at radius 2 is 1.81 bits per heavy atom. The summed E-state index contributed by atoms with van der Waals surface area (Å²) in [6, 6.07) is 0. The molecule has 0 spiro atoms. The Hall–Kier alpha value is -0.690. The van der Waals surface area contributed by atoms with Gasteiger partial charge in [-0.05, 0) is 6.42 Å². The summed E-state index contributed by atoms with van der Waals surface area (Å²) in [5, 5.41) is 28.5. The summed E-state index contributed by atoms with van der Waals surface area (Å²) in [6.45, 7) is 1.77. The van der Waals surface area contributed by atoms with Gasteiger partial charge in [-0.2, -0.15) is 0 Å². The van der Waals surface area contributed by atoms with E-state index in [1.165, 1.54) is 19.3 Å². The van der Waals surface area contributed by atoms with Gasteiger partial charge in [-0.1, -0.05) is 39.0 Å². The van der Waals surface area contributed by atoms with Crippen molar-refractivity contribution >= 4 is 5.97 Å². The van der Waals surface area contributed by atoms with Gasteiger partial charge < -0.3 is 24.8 Å². The third-order valence-electron chi connectivity index (χ3n) is 3.78. The van der Waals surface area contributed by atoms with Gasteiger partial charge in [-0.25, -0.2) is 0 Å². The maximum atomic E-state index is 11.7. The van der Waals surface area contributed by atoms with Gasteiger partial charge in [-0.15, -0.1) is 0 Å². The van der Waals surface area contributed by atoms with E-state index in [0.717, 1.165) is 19.3 Å². The topological polar surface area (TPSA) is 96.2 Å². The van der Waals surface area contributed by atoms with Crippen LogP contribution in [0.1, 0.15) is 51.9 Å². The first-order valence-corrected chi connectivity index (χ1v) is 7.88. The molecule has 0 unspecified atom stereocenters. The molecule has 21 heavy (non-hydrogen) atoms. The molecular formula is C15H28O6. The maximum Gasteiger partial charge on any atom is 0.306 e. The first kappa shape index (κ1) is 18.4. The number of ether oxygens (including phenoxy) is 2. The molecule has 0 saturated carbocycles. The minimum Gasteiger partial charge on any atom is -0.457 e. The second kappa shape index (κ2) is 10.1. The van der Waals surface area contributed by atoms with Crippen LogP contribution >= 0.6 is 0 Å². The number of aliphatic hydroxyl groups excluding tert-OH is 3. The number of aliphatic hydroxyl groups is 3. The highest BCUT2D eigenvalue weighted by atomic mass is 16.6. The largest absolute Gasteiger partial charge is 0.457 e. The Morgan fingerprint density at radius 1 is 1.14 bits per heavy atom. The van der Waals surface area contributed by atoms with Crippen molar-refractivity contribution in [3.05, 3.63) is 0 Å². The molecule has 124 valence electrons. The van der Waals surface area contributed by atoms with Crippen LogP contribution in [0.3, 0.4) is 0 Å². The zero-order valence-electron chi connectivity index (χ0n) is 12.7. The molecule has 1 saturated heterocycles. The molecule has 1 aliphatic heterocycles. The zero-order chi connectivity index (χ0) is 15.7. The van der Waals surface area contributed by atoms with Gasteiger partial charge in [0.15, 0.2) is 6.10 Å². The summed E-state index contributed by atoms with van der Waals surface area (Å²) in [6.07, 6.45) is 2.65. The Morgan fingerprint density at radius 3 is 2.48 bits per heavy atom. The molecular weight excluding hydrogens is 276 g/mol. The third-order valence-corrected chi connectivity index (χ3v) is 3.78. The molecule has 0 bridgehead atoms. The number of carbonyl (C=O) groups excluding carboxylic acids is 1. The number of unbranched alkanes of at least 4 members (excludes halogenated alkanes) is 5. The van der Waals surface area contributed by atoms with Crippen molar-refractivity contribution in [2.75, 3.05) is 13.2 Å². The Balaban J connectivity index is 2.19. The second-order valence-electron chi connectivity index (χ2n) is 5.58. The van der Waals surface area contributed by atoms with Gasteiger partial charge in [0.25, 0.3) is 0 Å². The highest BCUT2D eigenvalue weighted by Gasteiger charge is 2.40. The smallest absolute Gasteiger partial charge is 0.306 e. The lowest BCUT2D eigenvalue weighted by Gasteiger charge is -2.36. The quantitative estimate of drug-likeness (QED) is 0.430. The molecule has 1 aliphatic rings. The lowest BCUT2D eigenvalue weighted by atomic mass is 10.0. The highest BCUT2D eigenvalue weighted by molar-refractivity contribution is 5.69. The van der Waals surface area contributed by atoms with Gasteiger partial charge >= 0.3 is 5.97 Å². The molecule has 1 fully saturated rings. The number of hydrogen-bond donors (Lipinski definition) is 3. The van der Waals surface area contributed by atoms with Crippen molar-refractivity contribution in [2.45, 2.75) is 76.3 Å². The van der Waals surface area contributed by atoms with Crippen LogP contribution in [0.5, 0.6) is 0 Å². The average molecular weight is 304 g/mol. The normalized spacial score (nSPS) is 29.3. The van der Waals surface area contributed by atoms with E-state index in [0.29, 0.717) is 6.42 Å². The molecule has 3 N–H and O–H groups in total. The van der Waals surface area contributed by atoms with Gasteiger partial charge in [-0.3, -0.25) is 4.79 Å². The molecule has 1 rings (SSSR count). The summed E-state index contributed by atoms with van der Waals surface area (Å²) < 4.78 is 10.3. The number of carbonyl (C=O) groups is 1. The minimum absolute atomic E-state index is 0.00824. The molecule has 0 aromatic heterocycles. The Kier molecular flexibility index (Phi) is 8.84. The summed E-state index contributed by atoms with van der Waals surface area (Å²) in [5.41, 5.74) is 0. The van der Waals surface area contributed by atoms with Crippen LogP contribution in [-0.4, -0.2) is 58.9 Å². The molecule has 0 aromatic carbocycles. The van der Waals surface area contributed by atoms with Crippen molar-refractivity contribution in [3.8, 4) is 0 Å². The van der Waals surface area contributed by atoms with E-state index in [-0.39, 0.29) is 19.2 Å².